The zero-order valence-corrected chi connectivity index (χ0v) is 24.0. The van der Waals surface area contributed by atoms with Crippen molar-refractivity contribution in [3.8, 4) is 28.3 Å². The minimum atomic E-state index is 0.473. The highest BCUT2D eigenvalue weighted by Crippen LogP contribution is 2.39. The third kappa shape index (κ3) is 4.34. The van der Waals surface area contributed by atoms with Crippen LogP contribution in [0.1, 0.15) is 42.3 Å². The number of rotatable bonds is 6. The molecule has 0 bridgehead atoms. The van der Waals surface area contributed by atoms with Crippen LogP contribution in [0.25, 0.3) is 39.2 Å². The van der Waals surface area contributed by atoms with E-state index in [1.54, 1.807) is 10.8 Å². The van der Waals surface area contributed by atoms with Crippen molar-refractivity contribution in [3.05, 3.63) is 88.0 Å². The molecule has 0 unspecified atom stereocenters. The van der Waals surface area contributed by atoms with Gasteiger partial charge in [0.25, 0.3) is 0 Å². The van der Waals surface area contributed by atoms with E-state index in [1.807, 2.05) is 41.1 Å². The summed E-state index contributed by atoms with van der Waals surface area (Å²) in [6, 6.07) is 16.1. The number of aryl methyl sites for hydroxylation is 3. The zero-order chi connectivity index (χ0) is 27.2. The second-order valence-corrected chi connectivity index (χ2v) is 11.0. The number of para-hydroxylation sites is 1. The van der Waals surface area contributed by atoms with E-state index in [9.17, 15) is 0 Å². The highest BCUT2D eigenvalue weighted by Gasteiger charge is 2.25. The van der Waals surface area contributed by atoms with Crippen LogP contribution in [0, 0.1) is 6.92 Å². The van der Waals surface area contributed by atoms with Gasteiger partial charge < -0.3 is 4.74 Å². The van der Waals surface area contributed by atoms with Gasteiger partial charge in [0.05, 0.1) is 15.6 Å². The summed E-state index contributed by atoms with van der Waals surface area (Å²) in [6.45, 7) is 5.48. The molecule has 0 fully saturated rings. The van der Waals surface area contributed by atoms with Gasteiger partial charge in [-0.1, -0.05) is 36.4 Å². The van der Waals surface area contributed by atoms with Gasteiger partial charge in [-0.3, -0.25) is 4.68 Å². The molecule has 9 heteroatoms. The summed E-state index contributed by atoms with van der Waals surface area (Å²) in [5.74, 6) is 1.47. The number of halogens is 1. The summed E-state index contributed by atoms with van der Waals surface area (Å²) in [5, 5.41) is 10.5. The van der Waals surface area contributed by atoms with Gasteiger partial charge in [0, 0.05) is 35.1 Å². The molecule has 0 aliphatic heterocycles. The predicted octanol–water partition coefficient (Wildman–Crippen LogP) is 6.75. The molecule has 200 valence electrons. The van der Waals surface area contributed by atoms with Gasteiger partial charge in [-0.2, -0.15) is 5.10 Å². The van der Waals surface area contributed by atoms with E-state index in [0.29, 0.717) is 18.1 Å². The van der Waals surface area contributed by atoms with Gasteiger partial charge in [0.15, 0.2) is 17.1 Å². The summed E-state index contributed by atoms with van der Waals surface area (Å²) < 4.78 is 10.7. The standard InChI is InChI=1S/C31H28BrN7O/c1-3-38-16-23(19(2)36-38)27-22-8-4-6-10-25(22)34-30-28(27)31-35-29(37-39(31)18-33-30)21-14-12-20(13-15-21)17-40-26-11-7-5-9-24(26)32/h5,7,9,11-16,18H,3-4,6,8,10,17H2,1-2H3. The van der Waals surface area contributed by atoms with Crippen molar-refractivity contribution in [3.63, 3.8) is 0 Å². The summed E-state index contributed by atoms with van der Waals surface area (Å²) in [4.78, 5) is 14.8. The molecular formula is C31H28BrN7O. The maximum atomic E-state index is 5.98. The summed E-state index contributed by atoms with van der Waals surface area (Å²) >= 11 is 3.54. The van der Waals surface area contributed by atoms with E-state index in [4.69, 9.17) is 29.9 Å². The molecule has 0 atom stereocenters. The van der Waals surface area contributed by atoms with Gasteiger partial charge >= 0.3 is 0 Å². The summed E-state index contributed by atoms with van der Waals surface area (Å²) in [6.07, 6.45) is 8.15. The topological polar surface area (TPSA) is 83.0 Å². The maximum Gasteiger partial charge on any atom is 0.182 e. The molecule has 8 nitrogen and oxygen atoms in total. The third-order valence-electron chi connectivity index (χ3n) is 7.58. The lowest BCUT2D eigenvalue weighted by molar-refractivity contribution is 0.304. The molecule has 0 saturated carbocycles. The lowest BCUT2D eigenvalue weighted by atomic mass is 9.87. The normalized spacial score (nSPS) is 13.2. The van der Waals surface area contributed by atoms with Crippen LogP contribution in [0.5, 0.6) is 5.75 Å². The molecule has 0 saturated heterocycles. The lowest BCUT2D eigenvalue weighted by Gasteiger charge is -2.20. The molecule has 1 aliphatic carbocycles. The van der Waals surface area contributed by atoms with E-state index >= 15 is 0 Å². The van der Waals surface area contributed by atoms with Crippen molar-refractivity contribution < 1.29 is 4.74 Å². The van der Waals surface area contributed by atoms with Gasteiger partial charge in [-0.15, -0.1) is 5.10 Å². The minimum Gasteiger partial charge on any atom is -0.488 e. The van der Waals surface area contributed by atoms with E-state index in [-0.39, 0.29) is 0 Å². The molecule has 0 N–H and O–H groups in total. The van der Waals surface area contributed by atoms with Gasteiger partial charge in [0.1, 0.15) is 18.7 Å². The molecule has 40 heavy (non-hydrogen) atoms. The molecule has 1 aliphatic rings. The first kappa shape index (κ1) is 24.9. The molecule has 0 spiro atoms. The fraction of sp³-hybridized carbons (Fsp3) is 0.258. The smallest absolute Gasteiger partial charge is 0.182 e. The van der Waals surface area contributed by atoms with Crippen molar-refractivity contribution in [1.29, 1.82) is 0 Å². The number of aromatic nitrogens is 7. The molecule has 4 heterocycles. The van der Waals surface area contributed by atoms with Crippen LogP contribution < -0.4 is 4.74 Å². The van der Waals surface area contributed by atoms with Crippen LogP contribution in [0.2, 0.25) is 0 Å². The van der Waals surface area contributed by atoms with E-state index in [0.717, 1.165) is 87.1 Å². The molecule has 0 amide bonds. The van der Waals surface area contributed by atoms with Crippen molar-refractivity contribution in [2.75, 3.05) is 0 Å². The van der Waals surface area contributed by atoms with Crippen LogP contribution >= 0.6 is 15.9 Å². The SMILES string of the molecule is CCn1cc(-c2c3c(nc4ncn5nc(-c6ccc(COc7ccccc7Br)cc6)nc5c24)CCCC3)c(C)n1. The Kier molecular flexibility index (Phi) is 6.31. The number of hydrogen-bond acceptors (Lipinski definition) is 6. The van der Waals surface area contributed by atoms with Crippen molar-refractivity contribution >= 4 is 32.6 Å². The monoisotopic (exact) mass is 593 g/mol. The first-order valence-corrected chi connectivity index (χ1v) is 14.5. The Morgan fingerprint density at radius 1 is 0.975 bits per heavy atom. The molecule has 6 aromatic rings. The number of ether oxygens (including phenoxy) is 1. The summed E-state index contributed by atoms with van der Waals surface area (Å²) in [7, 11) is 0. The minimum absolute atomic E-state index is 0.473. The zero-order valence-electron chi connectivity index (χ0n) is 22.4. The van der Waals surface area contributed by atoms with Gasteiger partial charge in [-0.25, -0.2) is 19.5 Å². The number of benzene rings is 2. The van der Waals surface area contributed by atoms with Crippen molar-refractivity contribution in [1.82, 2.24) is 34.3 Å². The Bertz CT molecular complexity index is 1870. The molecular weight excluding hydrogens is 566 g/mol. The third-order valence-corrected chi connectivity index (χ3v) is 8.24. The molecule has 2 aromatic carbocycles. The van der Waals surface area contributed by atoms with Crippen LogP contribution in [0.3, 0.4) is 0 Å². The van der Waals surface area contributed by atoms with Gasteiger partial charge in [0.2, 0.25) is 0 Å². The first-order chi connectivity index (χ1) is 19.6. The second-order valence-electron chi connectivity index (χ2n) is 10.2. The Morgan fingerprint density at radius 3 is 2.60 bits per heavy atom. The highest BCUT2D eigenvalue weighted by atomic mass is 79.9. The van der Waals surface area contributed by atoms with E-state index in [1.165, 1.54) is 5.56 Å². The first-order valence-electron chi connectivity index (χ1n) is 13.7. The fourth-order valence-electron chi connectivity index (χ4n) is 5.54. The molecule has 0 radical (unpaired) electrons. The fourth-order valence-corrected chi connectivity index (χ4v) is 5.93. The van der Waals surface area contributed by atoms with Crippen LogP contribution in [-0.2, 0) is 26.0 Å². The number of fused-ring (bicyclic) bond motifs is 4. The van der Waals surface area contributed by atoms with E-state index in [2.05, 4.69) is 48.1 Å². The lowest BCUT2D eigenvalue weighted by Crippen LogP contribution is -2.10. The Balaban J connectivity index is 1.31. The van der Waals surface area contributed by atoms with E-state index < -0.39 is 0 Å². The second kappa shape index (κ2) is 10.1. The molecule has 7 rings (SSSR count). The van der Waals surface area contributed by atoms with Crippen LogP contribution in [0.4, 0.5) is 0 Å². The van der Waals surface area contributed by atoms with Crippen molar-refractivity contribution in [2.45, 2.75) is 52.7 Å². The molecule has 4 aromatic heterocycles. The number of hydrogen-bond donors (Lipinski definition) is 0. The highest BCUT2D eigenvalue weighted by molar-refractivity contribution is 9.10. The van der Waals surface area contributed by atoms with Crippen LogP contribution in [0.15, 0.2) is 65.5 Å². The van der Waals surface area contributed by atoms with Crippen LogP contribution in [-0.4, -0.2) is 34.3 Å². The quantitative estimate of drug-likeness (QED) is 0.212. The number of nitrogens with zero attached hydrogens (tertiary/aromatic N) is 7. The largest absolute Gasteiger partial charge is 0.488 e. The Morgan fingerprint density at radius 2 is 1.80 bits per heavy atom. The van der Waals surface area contributed by atoms with Crippen molar-refractivity contribution in [2.24, 2.45) is 0 Å². The Labute approximate surface area is 240 Å². The Hall–Kier alpha value is -4.11. The average Bonchev–Trinajstić information content (AvgIpc) is 3.59. The van der Waals surface area contributed by atoms with Gasteiger partial charge in [-0.05, 0) is 78.7 Å². The average molecular weight is 595 g/mol. The number of pyridine rings is 1. The maximum absolute atomic E-state index is 5.98. The predicted molar refractivity (Wildman–Crippen MR) is 158 cm³/mol. The summed E-state index contributed by atoms with van der Waals surface area (Å²) in [5.41, 5.74) is 9.21.